The van der Waals surface area contributed by atoms with Gasteiger partial charge in [0.15, 0.2) is 0 Å². The summed E-state index contributed by atoms with van der Waals surface area (Å²) in [5.41, 5.74) is -1.07. The van der Waals surface area contributed by atoms with Crippen molar-refractivity contribution in [2.75, 3.05) is 13.7 Å². The topological polar surface area (TPSA) is 89.9 Å². The third-order valence-corrected chi connectivity index (χ3v) is 8.19. The molecule has 4 aliphatic carbocycles. The van der Waals surface area contributed by atoms with Gasteiger partial charge in [-0.25, -0.2) is 4.79 Å². The molecule has 6 nitrogen and oxygen atoms in total. The standard InChI is InChI=1S/C16H22F2O6S/c1-23-3-2-15(24-13(19)16(17,18)25(20,21)22)11-5-9-4-10-6-12(15)14(10,7-9)8-11/h9-12H,2-8H2,1H3,(H,20,21,22). The van der Waals surface area contributed by atoms with Gasteiger partial charge in [0.25, 0.3) is 0 Å². The minimum Gasteiger partial charge on any atom is -0.453 e. The normalized spacial score (nSPS) is 44.5. The fourth-order valence-corrected chi connectivity index (χ4v) is 6.84. The van der Waals surface area contributed by atoms with Gasteiger partial charge in [0.05, 0.1) is 6.61 Å². The van der Waals surface area contributed by atoms with Crippen molar-refractivity contribution in [1.82, 2.24) is 0 Å². The summed E-state index contributed by atoms with van der Waals surface area (Å²) in [4.78, 5) is 12.0. The maximum absolute atomic E-state index is 13.8. The third-order valence-electron chi connectivity index (χ3n) is 7.38. The lowest BCUT2D eigenvalue weighted by molar-refractivity contribution is -0.202. The van der Waals surface area contributed by atoms with Gasteiger partial charge >= 0.3 is 21.3 Å². The van der Waals surface area contributed by atoms with Crippen LogP contribution in [-0.4, -0.2) is 43.5 Å². The van der Waals surface area contributed by atoms with Gasteiger partial charge in [0, 0.05) is 19.4 Å². The van der Waals surface area contributed by atoms with Gasteiger partial charge in [-0.3, -0.25) is 4.55 Å². The molecule has 9 heteroatoms. The number of hydrogen-bond acceptors (Lipinski definition) is 5. The zero-order valence-electron chi connectivity index (χ0n) is 13.9. The molecule has 3 bridgehead atoms. The first-order valence-corrected chi connectivity index (χ1v) is 10.1. The minimum absolute atomic E-state index is 0.0289. The van der Waals surface area contributed by atoms with Crippen LogP contribution >= 0.6 is 0 Å². The van der Waals surface area contributed by atoms with Crippen molar-refractivity contribution in [3.05, 3.63) is 0 Å². The second-order valence-corrected chi connectivity index (χ2v) is 9.70. The molecule has 1 spiro atoms. The van der Waals surface area contributed by atoms with Crippen LogP contribution in [0.25, 0.3) is 0 Å². The van der Waals surface area contributed by atoms with E-state index in [1.54, 1.807) is 0 Å². The second kappa shape index (κ2) is 5.13. The number of carbonyl (C=O) groups excluding carboxylic acids is 1. The van der Waals surface area contributed by atoms with E-state index in [2.05, 4.69) is 0 Å². The number of alkyl halides is 2. The van der Waals surface area contributed by atoms with Gasteiger partial charge in [-0.15, -0.1) is 0 Å². The molecule has 6 atom stereocenters. The molecule has 0 saturated heterocycles. The summed E-state index contributed by atoms with van der Waals surface area (Å²) in [5.74, 6) is -1.18. The quantitative estimate of drug-likeness (QED) is 0.561. The highest BCUT2D eigenvalue weighted by molar-refractivity contribution is 7.87. The van der Waals surface area contributed by atoms with E-state index in [-0.39, 0.29) is 30.3 Å². The van der Waals surface area contributed by atoms with Crippen LogP contribution in [0.15, 0.2) is 0 Å². The fraction of sp³-hybridized carbons (Fsp3) is 0.938. The maximum Gasteiger partial charge on any atom is 0.465 e. The van der Waals surface area contributed by atoms with Crippen molar-refractivity contribution in [1.29, 1.82) is 0 Å². The molecular weight excluding hydrogens is 358 g/mol. The van der Waals surface area contributed by atoms with Crippen LogP contribution in [0.3, 0.4) is 0 Å². The molecule has 0 amide bonds. The molecule has 4 saturated carbocycles. The van der Waals surface area contributed by atoms with Crippen molar-refractivity contribution in [2.24, 2.45) is 29.1 Å². The number of halogens is 2. The lowest BCUT2D eigenvalue weighted by Gasteiger charge is -2.54. The lowest BCUT2D eigenvalue weighted by Crippen LogP contribution is -2.56. The summed E-state index contributed by atoms with van der Waals surface area (Å²) >= 11 is 0. The van der Waals surface area contributed by atoms with Gasteiger partial charge in [-0.1, -0.05) is 0 Å². The van der Waals surface area contributed by atoms with Crippen LogP contribution in [0, 0.1) is 29.1 Å². The van der Waals surface area contributed by atoms with Crippen molar-refractivity contribution in [3.8, 4) is 0 Å². The van der Waals surface area contributed by atoms with Crippen molar-refractivity contribution in [2.45, 2.75) is 49.4 Å². The Morgan fingerprint density at radius 1 is 1.24 bits per heavy atom. The van der Waals surface area contributed by atoms with Gasteiger partial charge < -0.3 is 9.47 Å². The van der Waals surface area contributed by atoms with Crippen molar-refractivity contribution >= 4 is 16.1 Å². The van der Waals surface area contributed by atoms with Gasteiger partial charge in [-0.2, -0.15) is 17.2 Å². The number of carbonyl (C=O) groups is 1. The number of methoxy groups -OCH3 is 1. The van der Waals surface area contributed by atoms with Crippen molar-refractivity contribution in [3.63, 3.8) is 0 Å². The van der Waals surface area contributed by atoms with E-state index in [1.165, 1.54) is 7.11 Å². The van der Waals surface area contributed by atoms with E-state index in [4.69, 9.17) is 14.0 Å². The zero-order valence-corrected chi connectivity index (χ0v) is 14.7. The van der Waals surface area contributed by atoms with Crippen LogP contribution in [0.1, 0.15) is 38.5 Å². The van der Waals surface area contributed by atoms with Gasteiger partial charge in [0.2, 0.25) is 0 Å². The minimum atomic E-state index is -5.87. The molecule has 4 rings (SSSR count). The smallest absolute Gasteiger partial charge is 0.453 e. The molecule has 0 aromatic heterocycles. The van der Waals surface area contributed by atoms with Gasteiger partial charge in [-0.05, 0) is 55.3 Å². The van der Waals surface area contributed by atoms with Crippen molar-refractivity contribution < 1.29 is 36.0 Å². The number of esters is 1. The van der Waals surface area contributed by atoms with Gasteiger partial charge in [0.1, 0.15) is 5.60 Å². The zero-order chi connectivity index (χ0) is 18.3. The van der Waals surface area contributed by atoms with E-state index in [9.17, 15) is 22.0 Å². The Kier molecular flexibility index (Phi) is 3.61. The highest BCUT2D eigenvalue weighted by atomic mass is 32.2. The molecule has 4 fully saturated rings. The first kappa shape index (κ1) is 17.6. The monoisotopic (exact) mass is 380 g/mol. The molecule has 4 aliphatic rings. The molecular formula is C16H22F2O6S. The van der Waals surface area contributed by atoms with E-state index in [0.29, 0.717) is 11.8 Å². The summed E-state index contributed by atoms with van der Waals surface area (Å²) in [5, 5.41) is -4.95. The molecule has 0 heterocycles. The average Bonchev–Trinajstić information content (AvgIpc) is 2.79. The highest BCUT2D eigenvalue weighted by Gasteiger charge is 2.77. The van der Waals surface area contributed by atoms with Crippen LogP contribution in [0.5, 0.6) is 0 Å². The maximum atomic E-state index is 13.8. The fourth-order valence-electron chi connectivity index (χ4n) is 6.58. The molecule has 1 N–H and O–H groups in total. The molecule has 0 radical (unpaired) electrons. The summed E-state index contributed by atoms with van der Waals surface area (Å²) < 4.78 is 68.5. The van der Waals surface area contributed by atoms with Crippen LogP contribution in [0.2, 0.25) is 0 Å². The molecule has 25 heavy (non-hydrogen) atoms. The number of rotatable bonds is 6. The predicted octanol–water partition coefficient (Wildman–Crippen LogP) is 2.24. The number of hydrogen-bond donors (Lipinski definition) is 1. The van der Waals surface area contributed by atoms with Crippen LogP contribution in [-0.2, 0) is 24.4 Å². The average molecular weight is 380 g/mol. The van der Waals surface area contributed by atoms with E-state index in [0.717, 1.165) is 32.1 Å². The predicted molar refractivity (Wildman–Crippen MR) is 81.3 cm³/mol. The summed E-state index contributed by atoms with van der Waals surface area (Å²) in [6, 6.07) is 0. The Balaban J connectivity index is 1.67. The Labute approximate surface area is 145 Å². The Morgan fingerprint density at radius 2 is 1.92 bits per heavy atom. The largest absolute Gasteiger partial charge is 0.465 e. The Bertz CT molecular complexity index is 709. The van der Waals surface area contributed by atoms with Crippen LogP contribution < -0.4 is 0 Å². The third kappa shape index (κ3) is 2.12. The highest BCUT2D eigenvalue weighted by Crippen LogP contribution is 2.79. The number of fused-ring (bicyclic) bond motifs is 2. The molecule has 0 aliphatic heterocycles. The number of ether oxygens (including phenoxy) is 2. The summed E-state index contributed by atoms with van der Waals surface area (Å²) in [6.07, 6.45) is 4.94. The molecule has 6 unspecified atom stereocenters. The lowest BCUT2D eigenvalue weighted by atomic mass is 9.53. The van der Waals surface area contributed by atoms with E-state index in [1.807, 2.05) is 0 Å². The first-order chi connectivity index (χ1) is 11.6. The Hall–Kier alpha value is -0.800. The molecule has 0 aromatic carbocycles. The van der Waals surface area contributed by atoms with E-state index < -0.39 is 26.9 Å². The Morgan fingerprint density at radius 3 is 2.56 bits per heavy atom. The second-order valence-electron chi connectivity index (χ2n) is 8.24. The first-order valence-electron chi connectivity index (χ1n) is 8.64. The molecule has 0 aromatic rings. The van der Waals surface area contributed by atoms with Crippen LogP contribution in [0.4, 0.5) is 8.78 Å². The SMILES string of the molecule is COCCC1(OC(=O)C(F)(F)S(=O)(=O)O)C2CC3CC4CC1C4(C3)C2. The molecule has 142 valence electrons. The van der Waals surface area contributed by atoms with E-state index >= 15 is 0 Å². The summed E-state index contributed by atoms with van der Waals surface area (Å²) in [6.45, 7) is 0.239. The summed E-state index contributed by atoms with van der Waals surface area (Å²) in [7, 11) is -4.38.